The van der Waals surface area contributed by atoms with Crippen LogP contribution in [0.4, 0.5) is 0 Å². The van der Waals surface area contributed by atoms with Gasteiger partial charge in [0.15, 0.2) is 0 Å². The Kier molecular flexibility index (Phi) is 7.89. The van der Waals surface area contributed by atoms with E-state index in [0.717, 1.165) is 0 Å². The molecule has 0 saturated heterocycles. The van der Waals surface area contributed by atoms with E-state index in [1.54, 1.807) is 0 Å². The largest absolute Gasteiger partial charge is 1.00 e. The van der Waals surface area contributed by atoms with Crippen LogP contribution in [-0.4, -0.2) is 20.6 Å². The molecule has 12 heteroatoms. The third-order valence-corrected chi connectivity index (χ3v) is 5.48. The zero-order chi connectivity index (χ0) is 11.2. The van der Waals surface area contributed by atoms with Crippen LogP contribution in [0.3, 0.4) is 0 Å². The molecule has 1 aliphatic rings. The Labute approximate surface area is 136 Å². The molecule has 0 aliphatic carbocycles. The standard InChI is InChI=1S/C4H9NO7P2.2Na/c1-3-2-4(12-5-3,13(6,7)8)14(9,10)11;;/h2H2,1H3,(H2,6,7,8)(H2,9,10,11);;/q;2*+1/p-2. The summed E-state index contributed by atoms with van der Waals surface area (Å²) in [6, 6.07) is 0. The minimum Gasteiger partial charge on any atom is -0.807 e. The molecule has 0 bridgehead atoms. The van der Waals surface area contributed by atoms with Gasteiger partial charge in [-0.15, -0.1) is 0 Å². The van der Waals surface area contributed by atoms with E-state index in [0.29, 0.717) is 0 Å². The van der Waals surface area contributed by atoms with Gasteiger partial charge < -0.3 is 29.0 Å². The van der Waals surface area contributed by atoms with E-state index in [9.17, 15) is 18.9 Å². The first-order valence-electron chi connectivity index (χ1n) is 3.39. The molecular formula is C4H7NNa2O7P2. The Balaban J connectivity index is 0. The number of rotatable bonds is 2. The molecule has 0 aromatic carbocycles. The molecule has 0 amide bonds. The van der Waals surface area contributed by atoms with Gasteiger partial charge in [-0.1, -0.05) is 5.16 Å². The van der Waals surface area contributed by atoms with Crippen molar-refractivity contribution in [3.63, 3.8) is 0 Å². The van der Waals surface area contributed by atoms with Crippen molar-refractivity contribution in [3.8, 4) is 0 Å². The smallest absolute Gasteiger partial charge is 0.807 e. The van der Waals surface area contributed by atoms with Gasteiger partial charge in [-0.2, -0.15) is 0 Å². The van der Waals surface area contributed by atoms with Gasteiger partial charge >= 0.3 is 66.7 Å². The van der Waals surface area contributed by atoms with Crippen molar-refractivity contribution in [1.29, 1.82) is 0 Å². The summed E-state index contributed by atoms with van der Waals surface area (Å²) in [7, 11) is -10.8. The first kappa shape index (κ1) is 20.1. The minimum absolute atomic E-state index is 0. The van der Waals surface area contributed by atoms with Crippen LogP contribution in [0.2, 0.25) is 0 Å². The summed E-state index contributed by atoms with van der Waals surface area (Å²) >= 11 is 0. The molecule has 2 N–H and O–H groups in total. The number of hydrogen-bond acceptors (Lipinski definition) is 6. The molecule has 0 spiro atoms. The average molecular weight is 289 g/mol. The van der Waals surface area contributed by atoms with E-state index in [2.05, 4.69) is 9.99 Å². The maximum atomic E-state index is 10.9. The monoisotopic (exact) mass is 289 g/mol. The number of hydrogen-bond donors (Lipinski definition) is 2. The maximum absolute atomic E-state index is 10.9. The van der Waals surface area contributed by atoms with Crippen LogP contribution in [0.5, 0.6) is 0 Å². The Morgan fingerprint density at radius 2 is 1.81 bits per heavy atom. The van der Waals surface area contributed by atoms with Crippen molar-refractivity contribution in [2.24, 2.45) is 5.16 Å². The fraction of sp³-hybridized carbons (Fsp3) is 0.750. The predicted octanol–water partition coefficient (Wildman–Crippen LogP) is -7.46. The van der Waals surface area contributed by atoms with Crippen molar-refractivity contribution in [3.05, 3.63) is 0 Å². The van der Waals surface area contributed by atoms with Gasteiger partial charge in [-0.3, -0.25) is 4.57 Å². The van der Waals surface area contributed by atoms with Crippen LogP contribution >= 0.6 is 15.2 Å². The zero-order valence-electron chi connectivity index (χ0n) is 8.98. The quantitative estimate of drug-likeness (QED) is 0.379. The second-order valence-electron chi connectivity index (χ2n) is 2.88. The Morgan fingerprint density at radius 3 is 1.94 bits per heavy atom. The van der Waals surface area contributed by atoms with Crippen LogP contribution in [0.15, 0.2) is 5.16 Å². The second kappa shape index (κ2) is 6.28. The molecule has 16 heavy (non-hydrogen) atoms. The van der Waals surface area contributed by atoms with Crippen molar-refractivity contribution in [2.75, 3.05) is 0 Å². The van der Waals surface area contributed by atoms with Gasteiger partial charge in [0.1, 0.15) is 0 Å². The fourth-order valence-electron chi connectivity index (χ4n) is 1.01. The molecule has 0 aromatic heterocycles. The van der Waals surface area contributed by atoms with Gasteiger partial charge in [0.2, 0.25) is 0 Å². The molecule has 0 aromatic rings. The van der Waals surface area contributed by atoms with Crippen LogP contribution in [0.25, 0.3) is 0 Å². The summed E-state index contributed by atoms with van der Waals surface area (Å²) in [4.78, 5) is 43.1. The topological polar surface area (TPSA) is 142 Å². The summed E-state index contributed by atoms with van der Waals surface area (Å²) in [5, 5.41) is 0.0234. The molecule has 0 saturated carbocycles. The van der Waals surface area contributed by atoms with E-state index in [1.807, 2.05) is 0 Å². The molecule has 1 heterocycles. The van der Waals surface area contributed by atoms with Crippen molar-refractivity contribution >= 4 is 20.9 Å². The molecule has 1 unspecified atom stereocenters. The third kappa shape index (κ3) is 3.63. The molecule has 0 fully saturated rings. The molecule has 1 aliphatic heterocycles. The van der Waals surface area contributed by atoms with Gasteiger partial charge in [0.25, 0.3) is 5.08 Å². The second-order valence-corrected chi connectivity index (χ2v) is 6.76. The molecule has 0 radical (unpaired) electrons. The summed E-state index contributed by atoms with van der Waals surface area (Å²) in [6.07, 6.45) is -0.707. The summed E-state index contributed by atoms with van der Waals surface area (Å²) in [5.74, 6) is 0. The summed E-state index contributed by atoms with van der Waals surface area (Å²) in [6.45, 7) is 1.30. The molecule has 1 rings (SSSR count). The van der Waals surface area contributed by atoms with E-state index in [4.69, 9.17) is 9.79 Å². The number of nitrogens with zero attached hydrogens (tertiary/aromatic N) is 1. The maximum Gasteiger partial charge on any atom is 1.00 e. The Morgan fingerprint density at radius 1 is 1.38 bits per heavy atom. The molecule has 1 atom stereocenters. The fourth-order valence-corrected chi connectivity index (χ4v) is 3.43. The van der Waals surface area contributed by atoms with Gasteiger partial charge in [0.05, 0.1) is 5.71 Å². The van der Waals surface area contributed by atoms with E-state index >= 15 is 0 Å². The van der Waals surface area contributed by atoms with Gasteiger partial charge in [0, 0.05) is 6.42 Å². The van der Waals surface area contributed by atoms with Crippen LogP contribution in [0.1, 0.15) is 13.3 Å². The zero-order valence-corrected chi connectivity index (χ0v) is 14.8. The van der Waals surface area contributed by atoms with Crippen molar-refractivity contribution < 1.29 is 92.7 Å². The number of oxime groups is 1. The normalized spacial score (nSPS) is 24.9. The van der Waals surface area contributed by atoms with E-state index in [-0.39, 0.29) is 64.8 Å². The third-order valence-electron chi connectivity index (χ3n) is 1.72. The van der Waals surface area contributed by atoms with Crippen LogP contribution < -0.4 is 68.9 Å². The average Bonchev–Trinajstić information content (AvgIpc) is 2.28. The Bertz CT molecular complexity index is 351. The van der Waals surface area contributed by atoms with Crippen LogP contribution in [-0.2, 0) is 14.0 Å². The van der Waals surface area contributed by atoms with E-state index < -0.39 is 26.7 Å². The van der Waals surface area contributed by atoms with Crippen molar-refractivity contribution in [1.82, 2.24) is 0 Å². The predicted molar refractivity (Wildman–Crippen MR) is 41.2 cm³/mol. The Hall–Kier alpha value is 1.77. The van der Waals surface area contributed by atoms with Gasteiger partial charge in [-0.05, 0) is 14.5 Å². The molecular weight excluding hydrogens is 282 g/mol. The molecule has 8 nitrogen and oxygen atoms in total. The summed E-state index contributed by atoms with van der Waals surface area (Å²) in [5.41, 5.74) is 0.0419. The van der Waals surface area contributed by atoms with E-state index in [1.165, 1.54) is 6.92 Å². The molecule has 82 valence electrons. The SMILES string of the molecule is CC1=NOC(P(=O)([O-])[O-])(P(=O)(O)O)C1.[Na+].[Na+]. The first-order valence-corrected chi connectivity index (χ1v) is 6.55. The van der Waals surface area contributed by atoms with Crippen molar-refractivity contribution in [2.45, 2.75) is 18.4 Å². The minimum atomic E-state index is -5.60. The first-order chi connectivity index (χ1) is 6.10. The summed E-state index contributed by atoms with van der Waals surface area (Å²) < 4.78 is 21.6. The van der Waals surface area contributed by atoms with Crippen LogP contribution in [0, 0.1) is 0 Å². The van der Waals surface area contributed by atoms with Gasteiger partial charge in [-0.25, -0.2) is 0 Å².